The van der Waals surface area contributed by atoms with Crippen molar-refractivity contribution in [2.24, 2.45) is 5.73 Å². The van der Waals surface area contributed by atoms with Crippen molar-refractivity contribution < 1.29 is 19.5 Å². The Kier molecular flexibility index (Phi) is 7.99. The third-order valence-corrected chi connectivity index (χ3v) is 5.12. The Bertz CT molecular complexity index is 1170. The fraction of sp³-hybridized carbons (Fsp3) is 0.190. The molecule has 0 aliphatic rings. The molecule has 0 aliphatic heterocycles. The van der Waals surface area contributed by atoms with Crippen molar-refractivity contribution >= 4 is 41.0 Å². The van der Waals surface area contributed by atoms with Gasteiger partial charge in [0.1, 0.15) is 6.04 Å². The highest BCUT2D eigenvalue weighted by molar-refractivity contribution is 6.31. The van der Waals surface area contributed by atoms with Crippen molar-refractivity contribution in [2.45, 2.75) is 25.4 Å². The lowest BCUT2D eigenvalue weighted by atomic mass is 9.98. The first-order valence-corrected chi connectivity index (χ1v) is 10.5. The minimum absolute atomic E-state index is 0.0496. The maximum Gasteiger partial charge on any atom is 0.320 e. The number of aliphatic carboxylic acids is 1. The molecule has 2 amide bonds. The molecule has 0 bridgehead atoms. The zero-order valence-corrected chi connectivity index (χ0v) is 18.7. The number of carbonyl (C=O) groups is 3. The van der Waals surface area contributed by atoms with E-state index in [9.17, 15) is 14.4 Å². The number of carbonyl (C=O) groups excluding carboxylic acids is 2. The Morgan fingerprint density at radius 1 is 1.06 bits per heavy atom. The number of aromatic nitrogens is 3. The topological polar surface area (TPSA) is 152 Å². The van der Waals surface area contributed by atoms with E-state index in [1.807, 2.05) is 24.3 Å². The van der Waals surface area contributed by atoms with Crippen LogP contribution >= 0.6 is 23.2 Å². The lowest BCUT2D eigenvalue weighted by Crippen LogP contribution is -2.42. The Morgan fingerprint density at radius 3 is 2.39 bits per heavy atom. The number of hydrogen-bond donors (Lipinski definition) is 4. The van der Waals surface area contributed by atoms with Crippen LogP contribution in [0.25, 0.3) is 11.1 Å². The second kappa shape index (κ2) is 10.9. The molecular formula is C21H20Cl2N6O4. The highest BCUT2D eigenvalue weighted by atomic mass is 35.5. The number of hydrazine groups is 1. The second-order valence-corrected chi connectivity index (χ2v) is 7.71. The summed E-state index contributed by atoms with van der Waals surface area (Å²) in [6.07, 6.45) is -0.191. The lowest BCUT2D eigenvalue weighted by Gasteiger charge is -2.12. The Labute approximate surface area is 198 Å². The molecule has 1 unspecified atom stereocenters. The first-order chi connectivity index (χ1) is 15.7. The normalized spacial score (nSPS) is 11.6. The summed E-state index contributed by atoms with van der Waals surface area (Å²) in [5, 5.41) is 13.0. The van der Waals surface area contributed by atoms with Crippen LogP contribution in [0, 0.1) is 0 Å². The van der Waals surface area contributed by atoms with Crippen molar-refractivity contribution in [3.05, 3.63) is 70.2 Å². The molecule has 2 aromatic carbocycles. The number of nitrogens with zero attached hydrogens (tertiary/aromatic N) is 3. The average Bonchev–Trinajstić information content (AvgIpc) is 3.12. The molecule has 33 heavy (non-hydrogen) atoms. The third kappa shape index (κ3) is 6.51. The number of nitrogens with one attached hydrogen (secondary N) is 2. The number of rotatable bonds is 8. The fourth-order valence-electron chi connectivity index (χ4n) is 2.96. The molecule has 10 nitrogen and oxygen atoms in total. The molecule has 1 heterocycles. The van der Waals surface area contributed by atoms with Crippen molar-refractivity contribution in [3.63, 3.8) is 0 Å². The predicted octanol–water partition coefficient (Wildman–Crippen LogP) is 2.25. The van der Waals surface area contributed by atoms with Crippen LogP contribution in [0.15, 0.2) is 48.5 Å². The van der Waals surface area contributed by atoms with Crippen LogP contribution in [-0.2, 0) is 16.1 Å². The van der Waals surface area contributed by atoms with Crippen LogP contribution in [-0.4, -0.2) is 43.7 Å². The van der Waals surface area contributed by atoms with Gasteiger partial charge >= 0.3 is 5.97 Å². The summed E-state index contributed by atoms with van der Waals surface area (Å²) in [7, 11) is 0. The van der Waals surface area contributed by atoms with Gasteiger partial charge in [-0.1, -0.05) is 42.5 Å². The molecule has 1 aromatic heterocycles. The van der Waals surface area contributed by atoms with Gasteiger partial charge < -0.3 is 10.8 Å². The molecule has 12 heteroatoms. The first-order valence-electron chi connectivity index (χ1n) is 9.76. The van der Waals surface area contributed by atoms with Crippen LogP contribution in [0.3, 0.4) is 0 Å². The maximum absolute atomic E-state index is 12.6. The monoisotopic (exact) mass is 490 g/mol. The smallest absolute Gasteiger partial charge is 0.320 e. The molecule has 0 radical (unpaired) electrons. The summed E-state index contributed by atoms with van der Waals surface area (Å²) in [4.78, 5) is 39.1. The molecule has 0 saturated heterocycles. The van der Waals surface area contributed by atoms with Gasteiger partial charge in [-0.05, 0) is 52.4 Å². The number of benzene rings is 2. The molecule has 0 saturated carbocycles. The predicted molar refractivity (Wildman–Crippen MR) is 121 cm³/mol. The van der Waals surface area contributed by atoms with Gasteiger partial charge in [0.15, 0.2) is 0 Å². The van der Waals surface area contributed by atoms with Gasteiger partial charge in [0.05, 0.1) is 6.54 Å². The van der Waals surface area contributed by atoms with Gasteiger partial charge in [0.2, 0.25) is 16.5 Å². The summed E-state index contributed by atoms with van der Waals surface area (Å²) in [6.45, 7) is 0.374. The number of halogens is 2. The average molecular weight is 491 g/mol. The number of carboxylic acid groups (broad SMARTS) is 1. The summed E-state index contributed by atoms with van der Waals surface area (Å²) in [6, 6.07) is 13.2. The largest absolute Gasteiger partial charge is 0.480 e. The fourth-order valence-corrected chi connectivity index (χ4v) is 3.35. The van der Waals surface area contributed by atoms with Gasteiger partial charge in [0.25, 0.3) is 5.91 Å². The van der Waals surface area contributed by atoms with E-state index in [4.69, 9.17) is 34.0 Å². The highest BCUT2D eigenvalue weighted by Crippen LogP contribution is 2.24. The van der Waals surface area contributed by atoms with Gasteiger partial charge in [-0.3, -0.25) is 25.2 Å². The minimum Gasteiger partial charge on any atom is -0.480 e. The molecule has 3 aromatic rings. The standard InChI is InChI=1S/C21H20Cl2N6O4/c22-20-25-21(23)29(28-20)11-12-5-7-13(8-6-12)14-3-1-2-4-15(14)18(31)27-26-17(30)10-9-16(24)19(32)33/h1-8,16H,9-11,24H2,(H,26,30)(H,27,31)(H,32,33). The molecule has 5 N–H and O–H groups in total. The van der Waals surface area contributed by atoms with Crippen molar-refractivity contribution in [1.29, 1.82) is 0 Å². The van der Waals surface area contributed by atoms with Crippen LogP contribution < -0.4 is 16.6 Å². The zero-order valence-electron chi connectivity index (χ0n) is 17.2. The number of carboxylic acids is 1. The van der Waals surface area contributed by atoms with Crippen LogP contribution in [0.1, 0.15) is 28.8 Å². The van der Waals surface area contributed by atoms with E-state index in [1.54, 1.807) is 24.3 Å². The van der Waals surface area contributed by atoms with Crippen molar-refractivity contribution in [1.82, 2.24) is 25.6 Å². The second-order valence-electron chi connectivity index (χ2n) is 7.04. The van der Waals surface area contributed by atoms with Gasteiger partial charge in [-0.2, -0.15) is 4.98 Å². The SMILES string of the molecule is NC(CCC(=O)NNC(=O)c1ccccc1-c1ccc(Cn2nc(Cl)nc2Cl)cc1)C(=O)O. The first kappa shape index (κ1) is 24.2. The van der Waals surface area contributed by atoms with Gasteiger partial charge in [0, 0.05) is 12.0 Å². The maximum atomic E-state index is 12.6. The summed E-state index contributed by atoms with van der Waals surface area (Å²) in [5.41, 5.74) is 12.7. The number of nitrogens with two attached hydrogens (primary N) is 1. The molecular weight excluding hydrogens is 471 g/mol. The van der Waals surface area contributed by atoms with Gasteiger partial charge in [-0.15, -0.1) is 5.10 Å². The minimum atomic E-state index is -1.19. The van der Waals surface area contributed by atoms with E-state index in [-0.39, 0.29) is 23.4 Å². The van der Waals surface area contributed by atoms with E-state index < -0.39 is 23.8 Å². The van der Waals surface area contributed by atoms with E-state index >= 15 is 0 Å². The highest BCUT2D eigenvalue weighted by Gasteiger charge is 2.16. The van der Waals surface area contributed by atoms with Gasteiger partial charge in [-0.25, -0.2) is 4.68 Å². The Morgan fingerprint density at radius 2 is 1.76 bits per heavy atom. The summed E-state index contributed by atoms with van der Waals surface area (Å²) >= 11 is 11.7. The van der Waals surface area contributed by atoms with E-state index in [1.165, 1.54) is 4.68 Å². The van der Waals surface area contributed by atoms with Crippen molar-refractivity contribution in [3.8, 4) is 11.1 Å². The van der Waals surface area contributed by atoms with Crippen LogP contribution in [0.4, 0.5) is 0 Å². The Hall–Kier alpha value is -3.47. The number of amides is 2. The third-order valence-electron chi connectivity index (χ3n) is 4.68. The molecule has 0 spiro atoms. The quantitative estimate of drug-likeness (QED) is 0.353. The van der Waals surface area contributed by atoms with E-state index in [0.29, 0.717) is 17.7 Å². The number of hydrogen-bond acceptors (Lipinski definition) is 6. The zero-order chi connectivity index (χ0) is 24.0. The van der Waals surface area contributed by atoms with E-state index in [2.05, 4.69) is 20.9 Å². The molecule has 3 rings (SSSR count). The molecule has 1 atom stereocenters. The molecule has 0 fully saturated rings. The Balaban J connectivity index is 1.66. The molecule has 0 aliphatic carbocycles. The molecule has 172 valence electrons. The van der Waals surface area contributed by atoms with Crippen LogP contribution in [0.5, 0.6) is 0 Å². The summed E-state index contributed by atoms with van der Waals surface area (Å²) < 4.78 is 1.46. The lowest BCUT2D eigenvalue weighted by molar-refractivity contribution is -0.138. The summed E-state index contributed by atoms with van der Waals surface area (Å²) in [5.74, 6) is -2.26. The van der Waals surface area contributed by atoms with Crippen molar-refractivity contribution in [2.75, 3.05) is 0 Å². The van der Waals surface area contributed by atoms with E-state index in [0.717, 1.165) is 11.1 Å². The van der Waals surface area contributed by atoms with Crippen LogP contribution in [0.2, 0.25) is 10.6 Å².